The number of benzene rings is 2. The van der Waals surface area contributed by atoms with Gasteiger partial charge in [0, 0.05) is 5.56 Å². The molecule has 0 amide bonds. The van der Waals surface area contributed by atoms with Crippen LogP contribution < -0.4 is 15.3 Å². The Morgan fingerprint density at radius 2 is 1.89 bits per heavy atom. The quantitative estimate of drug-likeness (QED) is 0.390. The van der Waals surface area contributed by atoms with Gasteiger partial charge in [-0.15, -0.1) is 10.2 Å². The molecule has 0 aliphatic carbocycles. The summed E-state index contributed by atoms with van der Waals surface area (Å²) in [6, 6.07) is 13.4. The number of para-hydroxylation sites is 2. The molecule has 0 saturated heterocycles. The number of fused-ring (bicyclic) bond motifs is 1. The molecule has 9 heteroatoms. The van der Waals surface area contributed by atoms with Crippen molar-refractivity contribution in [1.82, 2.24) is 24.8 Å². The van der Waals surface area contributed by atoms with Gasteiger partial charge in [-0.3, -0.25) is 0 Å². The van der Waals surface area contributed by atoms with Crippen molar-refractivity contribution in [2.75, 3.05) is 20.1 Å². The first-order valence-corrected chi connectivity index (χ1v) is 9.17. The molecule has 2 aromatic heterocycles. The highest BCUT2D eigenvalue weighted by atomic mass is 32.2. The molecule has 27 heavy (non-hydrogen) atoms. The van der Waals surface area contributed by atoms with Gasteiger partial charge in [-0.1, -0.05) is 23.9 Å². The van der Waals surface area contributed by atoms with Crippen LogP contribution in [-0.4, -0.2) is 39.1 Å². The van der Waals surface area contributed by atoms with Gasteiger partial charge < -0.3 is 20.3 Å². The van der Waals surface area contributed by atoms with Gasteiger partial charge in [-0.2, -0.15) is 0 Å². The summed E-state index contributed by atoms with van der Waals surface area (Å²) >= 11 is 1.46. The van der Waals surface area contributed by atoms with E-state index in [9.17, 15) is 0 Å². The zero-order valence-corrected chi connectivity index (χ0v) is 15.7. The van der Waals surface area contributed by atoms with E-state index in [0.717, 1.165) is 22.4 Å². The topological polar surface area (TPSA) is 104 Å². The lowest BCUT2D eigenvalue weighted by atomic mass is 10.2. The predicted octanol–water partition coefficient (Wildman–Crippen LogP) is 2.84. The number of aromatic amines is 1. The summed E-state index contributed by atoms with van der Waals surface area (Å²) in [7, 11) is 3.18. The number of hydrogen-bond donors (Lipinski definition) is 2. The Labute approximate surface area is 159 Å². The van der Waals surface area contributed by atoms with Gasteiger partial charge >= 0.3 is 0 Å². The second-order valence-electron chi connectivity index (χ2n) is 5.74. The van der Waals surface area contributed by atoms with E-state index in [1.54, 1.807) is 14.2 Å². The molecule has 0 aliphatic heterocycles. The van der Waals surface area contributed by atoms with Crippen LogP contribution in [0.5, 0.6) is 11.5 Å². The first-order valence-electron chi connectivity index (χ1n) is 8.19. The maximum Gasteiger partial charge on any atom is 0.210 e. The minimum absolute atomic E-state index is 0.544. The molecule has 0 radical (unpaired) electrons. The Morgan fingerprint density at radius 1 is 1.07 bits per heavy atom. The maximum atomic E-state index is 6.20. The third kappa shape index (κ3) is 3.28. The van der Waals surface area contributed by atoms with Crippen molar-refractivity contribution in [3.8, 4) is 22.9 Å². The van der Waals surface area contributed by atoms with Crippen LogP contribution in [0.3, 0.4) is 0 Å². The Kier molecular flexibility index (Phi) is 4.59. The molecule has 0 saturated carbocycles. The second kappa shape index (κ2) is 7.20. The van der Waals surface area contributed by atoms with Crippen molar-refractivity contribution in [1.29, 1.82) is 0 Å². The Morgan fingerprint density at radius 3 is 2.67 bits per heavy atom. The number of H-pyrrole nitrogens is 1. The van der Waals surface area contributed by atoms with Crippen LogP contribution in [0.2, 0.25) is 0 Å². The molecule has 4 rings (SSSR count). The summed E-state index contributed by atoms with van der Waals surface area (Å²) in [6.07, 6.45) is 0. The van der Waals surface area contributed by atoms with Crippen molar-refractivity contribution < 1.29 is 9.47 Å². The molecule has 138 valence electrons. The fraction of sp³-hybridized carbons (Fsp3) is 0.167. The molecule has 4 aromatic rings. The number of nitrogens with one attached hydrogen (secondary N) is 1. The summed E-state index contributed by atoms with van der Waals surface area (Å²) in [4.78, 5) is 7.85. The SMILES string of the molecule is COc1ccc(-c2nnc(SCc3nc4ccccc4[nH]3)n2N)cc1OC. The molecule has 8 nitrogen and oxygen atoms in total. The molecule has 0 fully saturated rings. The molecule has 0 spiro atoms. The number of nitrogen functional groups attached to an aromatic ring is 1. The number of rotatable bonds is 6. The molecule has 0 aliphatic rings. The van der Waals surface area contributed by atoms with Crippen molar-refractivity contribution >= 4 is 22.8 Å². The first kappa shape index (κ1) is 17.2. The fourth-order valence-electron chi connectivity index (χ4n) is 2.75. The van der Waals surface area contributed by atoms with Gasteiger partial charge in [0.15, 0.2) is 17.3 Å². The zero-order chi connectivity index (χ0) is 18.8. The molecular weight excluding hydrogens is 364 g/mol. The summed E-state index contributed by atoms with van der Waals surface area (Å²) in [5, 5.41) is 9.01. The lowest BCUT2D eigenvalue weighted by molar-refractivity contribution is 0.355. The van der Waals surface area contributed by atoms with E-state index in [2.05, 4.69) is 20.2 Å². The van der Waals surface area contributed by atoms with E-state index in [4.69, 9.17) is 15.3 Å². The van der Waals surface area contributed by atoms with E-state index in [1.807, 2.05) is 42.5 Å². The van der Waals surface area contributed by atoms with E-state index >= 15 is 0 Å². The van der Waals surface area contributed by atoms with Gasteiger partial charge in [-0.05, 0) is 30.3 Å². The van der Waals surface area contributed by atoms with Gasteiger partial charge in [0.05, 0.1) is 31.0 Å². The van der Waals surface area contributed by atoms with Crippen LogP contribution in [0.1, 0.15) is 5.82 Å². The van der Waals surface area contributed by atoms with Crippen LogP contribution in [0, 0.1) is 0 Å². The van der Waals surface area contributed by atoms with Gasteiger partial charge in [0.2, 0.25) is 5.16 Å². The lowest BCUT2D eigenvalue weighted by Crippen LogP contribution is -2.11. The van der Waals surface area contributed by atoms with E-state index in [0.29, 0.717) is 28.2 Å². The number of nitrogens with two attached hydrogens (primary N) is 1. The maximum absolute atomic E-state index is 6.20. The minimum Gasteiger partial charge on any atom is -0.493 e. The van der Waals surface area contributed by atoms with Crippen LogP contribution in [0.25, 0.3) is 22.4 Å². The fourth-order valence-corrected chi connectivity index (χ4v) is 3.48. The van der Waals surface area contributed by atoms with E-state index in [-0.39, 0.29) is 0 Å². The van der Waals surface area contributed by atoms with Crippen molar-refractivity contribution in [2.24, 2.45) is 0 Å². The van der Waals surface area contributed by atoms with Crippen molar-refractivity contribution in [2.45, 2.75) is 10.9 Å². The van der Waals surface area contributed by atoms with E-state index < -0.39 is 0 Å². The number of ether oxygens (including phenoxy) is 2. The van der Waals surface area contributed by atoms with Gasteiger partial charge in [0.25, 0.3) is 0 Å². The third-order valence-corrected chi connectivity index (χ3v) is 5.04. The Hall–Kier alpha value is -3.20. The second-order valence-corrected chi connectivity index (χ2v) is 6.68. The number of hydrogen-bond acceptors (Lipinski definition) is 7. The molecule has 0 bridgehead atoms. The molecule has 3 N–H and O–H groups in total. The monoisotopic (exact) mass is 382 g/mol. The average molecular weight is 382 g/mol. The van der Waals surface area contributed by atoms with Gasteiger partial charge in [0.1, 0.15) is 5.82 Å². The molecular formula is C18H18N6O2S. The number of methoxy groups -OCH3 is 2. The molecule has 0 atom stereocenters. The minimum atomic E-state index is 0.544. The highest BCUT2D eigenvalue weighted by Gasteiger charge is 2.15. The van der Waals surface area contributed by atoms with Crippen LogP contribution in [0.4, 0.5) is 0 Å². The summed E-state index contributed by atoms with van der Waals surface area (Å²) in [6.45, 7) is 0. The van der Waals surface area contributed by atoms with Crippen LogP contribution in [-0.2, 0) is 5.75 Å². The molecule has 2 aromatic carbocycles. The molecule has 0 unspecified atom stereocenters. The predicted molar refractivity (Wildman–Crippen MR) is 104 cm³/mol. The number of nitrogens with zero attached hydrogens (tertiary/aromatic N) is 4. The number of imidazole rings is 1. The summed E-state index contributed by atoms with van der Waals surface area (Å²) < 4.78 is 12.1. The third-order valence-electron chi connectivity index (χ3n) is 4.08. The lowest BCUT2D eigenvalue weighted by Gasteiger charge is -2.09. The van der Waals surface area contributed by atoms with Crippen LogP contribution in [0.15, 0.2) is 47.6 Å². The van der Waals surface area contributed by atoms with Crippen molar-refractivity contribution in [3.05, 3.63) is 48.3 Å². The van der Waals surface area contributed by atoms with Gasteiger partial charge in [-0.25, -0.2) is 9.66 Å². The largest absolute Gasteiger partial charge is 0.493 e. The Balaban J connectivity index is 1.55. The summed E-state index contributed by atoms with van der Waals surface area (Å²) in [5.74, 6) is 9.46. The summed E-state index contributed by atoms with van der Waals surface area (Å²) in [5.41, 5.74) is 2.74. The average Bonchev–Trinajstić information content (AvgIpc) is 3.28. The zero-order valence-electron chi connectivity index (χ0n) is 14.8. The highest BCUT2D eigenvalue weighted by Crippen LogP contribution is 2.32. The molecule has 2 heterocycles. The first-order chi connectivity index (χ1) is 13.2. The standard InChI is InChI=1S/C18H18N6O2S/c1-25-14-8-7-11(9-15(14)26-2)17-22-23-18(24(17)19)27-10-16-20-12-5-3-4-6-13(12)21-16/h3-9H,10,19H2,1-2H3,(H,20,21). The normalized spacial score (nSPS) is 11.0. The van der Waals surface area contributed by atoms with Crippen molar-refractivity contribution in [3.63, 3.8) is 0 Å². The van der Waals surface area contributed by atoms with E-state index in [1.165, 1.54) is 16.4 Å². The smallest absolute Gasteiger partial charge is 0.210 e. The number of thioether (sulfide) groups is 1. The Bertz CT molecular complexity index is 1060. The highest BCUT2D eigenvalue weighted by molar-refractivity contribution is 7.98. The van der Waals surface area contributed by atoms with Crippen LogP contribution >= 0.6 is 11.8 Å². The number of aromatic nitrogens is 5.